The van der Waals surface area contributed by atoms with Gasteiger partial charge in [-0.3, -0.25) is 4.68 Å². The fourth-order valence-electron chi connectivity index (χ4n) is 5.30. The van der Waals surface area contributed by atoms with Crippen molar-refractivity contribution < 1.29 is 31.5 Å². The molecule has 10 nitrogen and oxygen atoms in total. The van der Waals surface area contributed by atoms with Crippen molar-refractivity contribution in [2.45, 2.75) is 50.6 Å². The number of hydrogen-bond donors (Lipinski definition) is 1. The molecule has 3 aromatic rings. The molecule has 2 aromatic heterocycles. The number of methoxy groups -OCH3 is 1. The number of carbonyl (C=O) groups is 1. The van der Waals surface area contributed by atoms with Crippen LogP contribution in [-0.4, -0.2) is 49.0 Å². The fourth-order valence-corrected chi connectivity index (χ4v) is 5.30. The molecule has 0 spiro atoms. The molecule has 192 valence electrons. The Morgan fingerprint density at radius 2 is 2.08 bits per heavy atom. The predicted molar refractivity (Wildman–Crippen MR) is 116 cm³/mol. The van der Waals surface area contributed by atoms with Gasteiger partial charge in [-0.1, -0.05) is 6.92 Å². The number of likely N-dealkylation sites (tertiary alicyclic amines) is 1. The normalized spacial score (nSPS) is 23.5. The monoisotopic (exact) mass is 509 g/mol. The van der Waals surface area contributed by atoms with E-state index in [9.17, 15) is 22.4 Å². The van der Waals surface area contributed by atoms with Gasteiger partial charge in [0.1, 0.15) is 24.3 Å². The number of anilines is 1. The van der Waals surface area contributed by atoms with Crippen LogP contribution in [0.1, 0.15) is 43.5 Å². The molecule has 3 unspecified atom stereocenters. The Labute approximate surface area is 202 Å². The van der Waals surface area contributed by atoms with Crippen LogP contribution in [0.15, 0.2) is 22.9 Å². The van der Waals surface area contributed by atoms with Gasteiger partial charge in [-0.25, -0.2) is 14.2 Å². The summed E-state index contributed by atoms with van der Waals surface area (Å²) in [4.78, 5) is 18.8. The topological polar surface area (TPSA) is 111 Å². The number of nitrogens with one attached hydrogen (secondary N) is 1. The number of hydrogen-bond acceptors (Lipinski definition) is 7. The number of aryl methyl sites for hydroxylation is 1. The molecule has 5 rings (SSSR count). The van der Waals surface area contributed by atoms with Crippen LogP contribution in [0, 0.1) is 11.7 Å². The molecule has 2 fully saturated rings. The van der Waals surface area contributed by atoms with Crippen LogP contribution in [0.5, 0.6) is 0 Å². The predicted octanol–water partition coefficient (Wildman–Crippen LogP) is 4.10. The van der Waals surface area contributed by atoms with E-state index >= 15 is 0 Å². The minimum Gasteiger partial charge on any atom is -0.420 e. The Kier molecular flexibility index (Phi) is 5.73. The van der Waals surface area contributed by atoms with Gasteiger partial charge in [-0.05, 0) is 30.9 Å². The summed E-state index contributed by atoms with van der Waals surface area (Å²) < 4.78 is 67.8. The summed E-state index contributed by atoms with van der Waals surface area (Å²) in [5, 5.41) is 14.4. The second kappa shape index (κ2) is 8.54. The SMILES string of the molecule is COCc1nnc(C23CC(C)CC(C2)N3C(=O)Nc2cc(-c3ncn(C)n3)c(C(F)(F)F)cc2F)o1. The lowest BCUT2D eigenvalue weighted by atomic mass is 9.64. The molecule has 1 aliphatic carbocycles. The standard InChI is InChI=1S/C22H23F4N7O3/c1-11-4-12-8-21(7-11,19-30-29-17(36-19)9-35-3)33(12)20(34)28-16-5-13(18-27-10-32(2)31-18)14(6-15(16)23)22(24,25)26/h5-6,10-12H,4,7-9H2,1-3H3,(H,28,34). The highest BCUT2D eigenvalue weighted by molar-refractivity contribution is 5.92. The second-order valence-electron chi connectivity index (χ2n) is 9.29. The number of urea groups is 1. The number of nitrogens with zero attached hydrogens (tertiary/aromatic N) is 6. The van der Waals surface area contributed by atoms with Crippen LogP contribution in [0.4, 0.5) is 28.0 Å². The van der Waals surface area contributed by atoms with Crippen LogP contribution in [0.3, 0.4) is 0 Å². The largest absolute Gasteiger partial charge is 0.420 e. The maximum absolute atomic E-state index is 14.9. The molecule has 36 heavy (non-hydrogen) atoms. The summed E-state index contributed by atoms with van der Waals surface area (Å²) in [5.74, 6) is -0.717. The number of aromatic nitrogens is 5. The minimum absolute atomic E-state index is 0.107. The van der Waals surface area contributed by atoms with Crippen LogP contribution < -0.4 is 5.32 Å². The summed E-state index contributed by atoms with van der Waals surface area (Å²) in [7, 11) is 2.98. The molecule has 1 saturated heterocycles. The molecule has 2 amide bonds. The first-order valence-corrected chi connectivity index (χ1v) is 11.2. The lowest BCUT2D eigenvalue weighted by Crippen LogP contribution is -2.70. The first kappa shape index (κ1) is 24.2. The number of amides is 2. The first-order chi connectivity index (χ1) is 17.0. The number of rotatable bonds is 5. The molecule has 1 saturated carbocycles. The van der Waals surface area contributed by atoms with Gasteiger partial charge in [0.15, 0.2) is 5.82 Å². The van der Waals surface area contributed by atoms with Gasteiger partial charge < -0.3 is 19.4 Å². The van der Waals surface area contributed by atoms with Gasteiger partial charge in [-0.2, -0.15) is 18.3 Å². The lowest BCUT2D eigenvalue weighted by molar-refractivity contribution is -0.137. The number of benzene rings is 1. The van der Waals surface area contributed by atoms with E-state index in [1.54, 1.807) is 0 Å². The zero-order chi connectivity index (χ0) is 25.8. The molecule has 14 heteroatoms. The van der Waals surface area contributed by atoms with E-state index in [0.717, 1.165) is 6.07 Å². The Hall–Kier alpha value is -3.55. The van der Waals surface area contributed by atoms with Crippen LogP contribution in [0.25, 0.3) is 11.4 Å². The van der Waals surface area contributed by atoms with E-state index in [-0.39, 0.29) is 36.2 Å². The maximum atomic E-state index is 14.9. The van der Waals surface area contributed by atoms with Crippen molar-refractivity contribution in [2.24, 2.45) is 13.0 Å². The molecule has 1 aromatic carbocycles. The van der Waals surface area contributed by atoms with Crippen molar-refractivity contribution in [3.05, 3.63) is 41.6 Å². The molecule has 1 aliphatic heterocycles. The Bertz CT molecular complexity index is 1310. The number of ether oxygens (including phenoxy) is 1. The van der Waals surface area contributed by atoms with E-state index in [2.05, 4.69) is 25.6 Å². The number of piperidine rings is 1. The average molecular weight is 509 g/mol. The highest BCUT2D eigenvalue weighted by Gasteiger charge is 2.62. The molecule has 2 bridgehead atoms. The Balaban J connectivity index is 1.48. The number of halogens is 4. The Morgan fingerprint density at radius 3 is 2.75 bits per heavy atom. The van der Waals surface area contributed by atoms with Crippen LogP contribution in [0.2, 0.25) is 0 Å². The molecular weight excluding hydrogens is 486 g/mol. The van der Waals surface area contributed by atoms with Crippen LogP contribution >= 0.6 is 0 Å². The molecule has 3 atom stereocenters. The van der Waals surface area contributed by atoms with Crippen molar-refractivity contribution in [1.29, 1.82) is 0 Å². The third kappa shape index (κ3) is 3.98. The summed E-state index contributed by atoms with van der Waals surface area (Å²) in [6.07, 6.45) is -1.79. The molecule has 1 N–H and O–H groups in total. The number of carbonyl (C=O) groups excluding carboxylic acids is 1. The second-order valence-corrected chi connectivity index (χ2v) is 9.29. The van der Waals surface area contributed by atoms with Crippen molar-refractivity contribution in [3.63, 3.8) is 0 Å². The smallest absolute Gasteiger partial charge is 0.417 e. The fraction of sp³-hybridized carbons (Fsp3) is 0.500. The summed E-state index contributed by atoms with van der Waals surface area (Å²) >= 11 is 0. The molecule has 0 radical (unpaired) electrons. The van der Waals surface area contributed by atoms with E-state index < -0.39 is 40.4 Å². The van der Waals surface area contributed by atoms with Gasteiger partial charge in [0.05, 0.1) is 11.3 Å². The zero-order valence-corrected chi connectivity index (χ0v) is 19.6. The van der Waals surface area contributed by atoms with Gasteiger partial charge in [0.25, 0.3) is 0 Å². The van der Waals surface area contributed by atoms with E-state index in [1.807, 2.05) is 6.92 Å². The quantitative estimate of drug-likeness (QED) is 0.516. The third-order valence-corrected chi connectivity index (χ3v) is 6.61. The zero-order valence-electron chi connectivity index (χ0n) is 19.6. The van der Waals surface area contributed by atoms with Gasteiger partial charge in [-0.15, -0.1) is 10.2 Å². The van der Waals surface area contributed by atoms with Crippen molar-refractivity contribution in [2.75, 3.05) is 12.4 Å². The maximum Gasteiger partial charge on any atom is 0.417 e. The van der Waals surface area contributed by atoms with E-state index in [1.165, 1.54) is 30.1 Å². The van der Waals surface area contributed by atoms with Gasteiger partial charge in [0, 0.05) is 32.2 Å². The molecule has 3 heterocycles. The van der Waals surface area contributed by atoms with E-state index in [4.69, 9.17) is 9.15 Å². The minimum atomic E-state index is -4.86. The van der Waals surface area contributed by atoms with Gasteiger partial charge in [0.2, 0.25) is 11.8 Å². The Morgan fingerprint density at radius 1 is 1.31 bits per heavy atom. The first-order valence-electron chi connectivity index (χ1n) is 11.2. The van der Waals surface area contributed by atoms with Crippen molar-refractivity contribution in [1.82, 2.24) is 29.9 Å². The number of alkyl halides is 3. The number of fused-ring (bicyclic) bond motifs is 2. The lowest BCUT2D eigenvalue weighted by Gasteiger charge is -2.61. The summed E-state index contributed by atoms with van der Waals surface area (Å²) in [6.45, 7) is 2.15. The molecule has 2 aliphatic rings. The van der Waals surface area contributed by atoms with E-state index in [0.29, 0.717) is 25.3 Å². The van der Waals surface area contributed by atoms with Crippen molar-refractivity contribution >= 4 is 11.7 Å². The molecular formula is C22H23F4N7O3. The van der Waals surface area contributed by atoms with Gasteiger partial charge >= 0.3 is 12.2 Å². The van der Waals surface area contributed by atoms with Crippen LogP contribution in [-0.2, 0) is 30.1 Å². The average Bonchev–Trinajstić information content (AvgIpc) is 3.43. The highest BCUT2D eigenvalue weighted by Crippen LogP contribution is 2.55. The van der Waals surface area contributed by atoms with Crippen molar-refractivity contribution in [3.8, 4) is 11.4 Å². The summed E-state index contributed by atoms with van der Waals surface area (Å²) in [5.41, 5.74) is -3.01. The highest BCUT2D eigenvalue weighted by atomic mass is 19.4. The third-order valence-electron chi connectivity index (χ3n) is 6.61. The summed E-state index contributed by atoms with van der Waals surface area (Å²) in [6, 6.07) is 0.397.